The van der Waals surface area contributed by atoms with Crippen molar-refractivity contribution in [3.8, 4) is 10.6 Å². The van der Waals surface area contributed by atoms with Crippen LogP contribution in [0.2, 0.25) is 0 Å². The van der Waals surface area contributed by atoms with E-state index in [2.05, 4.69) is 14.7 Å². The number of nitrogens with one attached hydrogen (secondary N) is 1. The monoisotopic (exact) mass is 266 g/mol. The third-order valence-corrected chi connectivity index (χ3v) is 2.55. The Bertz CT molecular complexity index is 467. The van der Waals surface area contributed by atoms with Crippen LogP contribution >= 0.6 is 23.8 Å². The highest BCUT2D eigenvalue weighted by Gasteiger charge is 2.05. The molecule has 0 aliphatic carbocycles. The number of aromatic nitrogens is 2. The van der Waals surface area contributed by atoms with Crippen LogP contribution in [0.4, 0.5) is 5.95 Å². The molecule has 2 rings (SSSR count). The minimum atomic E-state index is 0.174. The first-order chi connectivity index (χ1) is 8.25. The van der Waals surface area contributed by atoms with Crippen molar-refractivity contribution < 1.29 is 0 Å². The molecule has 2 aromatic rings. The van der Waals surface area contributed by atoms with Crippen LogP contribution in [0.5, 0.6) is 0 Å². The fraction of sp³-hybridized carbons (Fsp3) is 0.182. The van der Waals surface area contributed by atoms with E-state index in [1.165, 1.54) is 11.5 Å². The smallest absolute Gasteiger partial charge is 0.241 e. The number of benzene rings is 1. The van der Waals surface area contributed by atoms with Crippen molar-refractivity contribution in [1.29, 1.82) is 0 Å². The molecular formula is C11H14N4S2. The molecule has 0 amide bonds. The first kappa shape index (κ1) is 13.5. The van der Waals surface area contributed by atoms with E-state index in [-0.39, 0.29) is 5.11 Å². The topological polar surface area (TPSA) is 63.8 Å². The highest BCUT2D eigenvalue weighted by Crippen LogP contribution is 2.22. The summed E-state index contributed by atoms with van der Waals surface area (Å²) in [6, 6.07) is 9.82. The zero-order chi connectivity index (χ0) is 12.7. The van der Waals surface area contributed by atoms with Crippen LogP contribution in [-0.4, -0.2) is 14.5 Å². The van der Waals surface area contributed by atoms with Crippen molar-refractivity contribution in [2.45, 2.75) is 13.8 Å². The second-order valence-corrected chi connectivity index (χ2v) is 3.97. The Morgan fingerprint density at radius 2 is 1.94 bits per heavy atom. The average molecular weight is 266 g/mol. The van der Waals surface area contributed by atoms with Gasteiger partial charge in [-0.25, -0.2) is 0 Å². The predicted molar refractivity (Wildman–Crippen MR) is 77.1 cm³/mol. The van der Waals surface area contributed by atoms with E-state index in [4.69, 9.17) is 18.0 Å². The fourth-order valence-electron chi connectivity index (χ4n) is 1.08. The van der Waals surface area contributed by atoms with Gasteiger partial charge in [0.1, 0.15) is 5.01 Å². The zero-order valence-corrected chi connectivity index (χ0v) is 11.3. The summed E-state index contributed by atoms with van der Waals surface area (Å²) in [6.07, 6.45) is 0. The van der Waals surface area contributed by atoms with E-state index in [1.807, 2.05) is 44.2 Å². The van der Waals surface area contributed by atoms with Crippen molar-refractivity contribution in [2.75, 3.05) is 5.32 Å². The second kappa shape index (κ2) is 6.93. The molecule has 0 aliphatic heterocycles. The number of hydrogen-bond acceptors (Lipinski definition) is 4. The Morgan fingerprint density at radius 1 is 1.29 bits per heavy atom. The molecule has 1 aromatic heterocycles. The lowest BCUT2D eigenvalue weighted by Crippen LogP contribution is -2.19. The predicted octanol–water partition coefficient (Wildman–Crippen LogP) is 2.89. The third kappa shape index (κ3) is 4.08. The minimum Gasteiger partial charge on any atom is -0.376 e. The Labute approximate surface area is 110 Å². The summed E-state index contributed by atoms with van der Waals surface area (Å²) in [5.41, 5.74) is 6.35. The maximum absolute atomic E-state index is 5.32. The Hall–Kier alpha value is -1.53. The number of nitrogens with zero attached hydrogens (tertiary/aromatic N) is 2. The molecule has 4 nitrogen and oxygen atoms in total. The molecule has 0 radical (unpaired) electrons. The SMILES string of the molecule is CC.NC(=S)Nc1nsc(-c2ccccc2)n1. The van der Waals surface area contributed by atoms with Gasteiger partial charge in [-0.2, -0.15) is 9.36 Å². The van der Waals surface area contributed by atoms with Crippen LogP contribution in [-0.2, 0) is 0 Å². The summed E-state index contributed by atoms with van der Waals surface area (Å²) in [6.45, 7) is 4.00. The second-order valence-electron chi connectivity index (χ2n) is 2.78. The van der Waals surface area contributed by atoms with Crippen LogP contribution in [0, 0.1) is 0 Å². The van der Waals surface area contributed by atoms with Crippen molar-refractivity contribution >= 4 is 34.8 Å². The molecular weight excluding hydrogens is 252 g/mol. The Kier molecular flexibility index (Phi) is 5.51. The van der Waals surface area contributed by atoms with Gasteiger partial charge < -0.3 is 11.1 Å². The molecule has 90 valence electrons. The van der Waals surface area contributed by atoms with E-state index >= 15 is 0 Å². The molecule has 1 heterocycles. The van der Waals surface area contributed by atoms with Gasteiger partial charge in [0.25, 0.3) is 0 Å². The number of hydrogen-bond donors (Lipinski definition) is 2. The van der Waals surface area contributed by atoms with Crippen molar-refractivity contribution in [3.63, 3.8) is 0 Å². The first-order valence-electron chi connectivity index (χ1n) is 5.21. The number of nitrogens with two attached hydrogens (primary N) is 1. The van der Waals surface area contributed by atoms with Gasteiger partial charge in [-0.1, -0.05) is 44.2 Å². The van der Waals surface area contributed by atoms with Crippen LogP contribution in [0.1, 0.15) is 13.8 Å². The van der Waals surface area contributed by atoms with Crippen molar-refractivity contribution in [3.05, 3.63) is 30.3 Å². The molecule has 6 heteroatoms. The molecule has 0 unspecified atom stereocenters. The summed E-state index contributed by atoms with van der Waals surface area (Å²) in [7, 11) is 0. The minimum absolute atomic E-state index is 0.174. The molecule has 1 aromatic carbocycles. The van der Waals surface area contributed by atoms with Gasteiger partial charge in [0.05, 0.1) is 0 Å². The summed E-state index contributed by atoms with van der Waals surface area (Å²) >= 11 is 6.00. The lowest BCUT2D eigenvalue weighted by molar-refractivity contribution is 1.32. The standard InChI is InChI=1S/C9H8N4S2.C2H6/c10-8(14)12-9-11-7(15-13-9)6-4-2-1-3-5-6;1-2/h1-5H,(H3,10,12,13,14);1-2H3. The van der Waals surface area contributed by atoms with E-state index in [0.29, 0.717) is 5.95 Å². The summed E-state index contributed by atoms with van der Waals surface area (Å²) in [5, 5.41) is 3.71. The maximum Gasteiger partial charge on any atom is 0.241 e. The van der Waals surface area contributed by atoms with Crippen LogP contribution < -0.4 is 11.1 Å². The van der Waals surface area contributed by atoms with E-state index in [0.717, 1.165) is 10.6 Å². The van der Waals surface area contributed by atoms with E-state index < -0.39 is 0 Å². The molecule has 0 saturated heterocycles. The van der Waals surface area contributed by atoms with E-state index in [1.54, 1.807) is 0 Å². The molecule has 0 fully saturated rings. The van der Waals surface area contributed by atoms with Gasteiger partial charge in [-0.3, -0.25) is 0 Å². The van der Waals surface area contributed by atoms with Crippen molar-refractivity contribution in [2.24, 2.45) is 5.73 Å². The molecule has 3 N–H and O–H groups in total. The summed E-state index contributed by atoms with van der Waals surface area (Å²) < 4.78 is 4.08. The molecule has 0 saturated carbocycles. The lowest BCUT2D eigenvalue weighted by atomic mass is 10.2. The highest BCUT2D eigenvalue weighted by molar-refractivity contribution is 7.80. The lowest BCUT2D eigenvalue weighted by Gasteiger charge is -1.95. The van der Waals surface area contributed by atoms with Crippen molar-refractivity contribution in [1.82, 2.24) is 9.36 Å². The highest BCUT2D eigenvalue weighted by atomic mass is 32.1. The molecule has 0 spiro atoms. The number of rotatable bonds is 2. The van der Waals surface area contributed by atoms with Gasteiger partial charge in [0.15, 0.2) is 5.11 Å². The Balaban J connectivity index is 0.000000686. The normalized spacial score (nSPS) is 9.06. The van der Waals surface area contributed by atoms with E-state index in [9.17, 15) is 0 Å². The van der Waals surface area contributed by atoms with Gasteiger partial charge in [0, 0.05) is 5.56 Å². The van der Waals surface area contributed by atoms with Crippen LogP contribution in [0.25, 0.3) is 10.6 Å². The summed E-state index contributed by atoms with van der Waals surface area (Å²) in [4.78, 5) is 4.25. The number of thiocarbonyl (C=S) groups is 1. The summed E-state index contributed by atoms with van der Waals surface area (Å²) in [5.74, 6) is 0.450. The fourth-order valence-corrected chi connectivity index (χ4v) is 1.80. The van der Waals surface area contributed by atoms with Gasteiger partial charge in [-0.05, 0) is 23.8 Å². The van der Waals surface area contributed by atoms with Gasteiger partial charge in [-0.15, -0.1) is 0 Å². The van der Waals surface area contributed by atoms with Gasteiger partial charge >= 0.3 is 0 Å². The zero-order valence-electron chi connectivity index (χ0n) is 9.68. The molecule has 0 bridgehead atoms. The quantitative estimate of drug-likeness (QED) is 0.818. The first-order valence-corrected chi connectivity index (χ1v) is 6.39. The largest absolute Gasteiger partial charge is 0.376 e. The van der Waals surface area contributed by atoms with Crippen LogP contribution in [0.3, 0.4) is 0 Å². The van der Waals surface area contributed by atoms with Gasteiger partial charge in [0.2, 0.25) is 5.95 Å². The Morgan fingerprint density at radius 3 is 2.53 bits per heavy atom. The molecule has 0 aliphatic rings. The molecule has 17 heavy (non-hydrogen) atoms. The number of anilines is 1. The molecule has 0 atom stereocenters. The maximum atomic E-state index is 5.32. The van der Waals surface area contributed by atoms with Crippen LogP contribution in [0.15, 0.2) is 30.3 Å². The third-order valence-electron chi connectivity index (χ3n) is 1.68. The average Bonchev–Trinajstić information content (AvgIpc) is 2.80.